The van der Waals surface area contributed by atoms with Crippen LogP contribution in [0.25, 0.3) is 0 Å². The molecular formula is C10H18O5. The zero-order valence-electron chi connectivity index (χ0n) is 8.87. The molecule has 0 aromatic heterocycles. The number of aliphatic hydroxyl groups excluding tert-OH is 4. The number of terminal acetylenes is 1. The second-order valence-corrected chi connectivity index (χ2v) is 2.92. The number of ether oxygens (including phenoxy) is 1. The van der Waals surface area contributed by atoms with Gasteiger partial charge in [0.1, 0.15) is 30.5 Å². The van der Waals surface area contributed by atoms with Crippen molar-refractivity contribution in [2.75, 3.05) is 6.61 Å². The van der Waals surface area contributed by atoms with E-state index in [0.29, 0.717) is 0 Å². The van der Waals surface area contributed by atoms with E-state index in [0.717, 1.165) is 0 Å². The summed E-state index contributed by atoms with van der Waals surface area (Å²) < 4.78 is 4.93. The smallest absolute Gasteiger partial charge is 0.146 e. The van der Waals surface area contributed by atoms with Gasteiger partial charge in [-0.15, -0.1) is 6.42 Å². The van der Waals surface area contributed by atoms with Crippen LogP contribution in [0.2, 0.25) is 0 Å². The maximum absolute atomic E-state index is 9.26. The van der Waals surface area contributed by atoms with E-state index >= 15 is 0 Å². The van der Waals surface area contributed by atoms with Crippen molar-refractivity contribution in [1.29, 1.82) is 0 Å². The van der Waals surface area contributed by atoms with Crippen molar-refractivity contribution in [3.63, 3.8) is 0 Å². The molecule has 88 valence electrons. The average molecular weight is 218 g/mol. The summed E-state index contributed by atoms with van der Waals surface area (Å²) >= 11 is 0. The Hall–Kier alpha value is -0.640. The minimum atomic E-state index is -1.38. The van der Waals surface area contributed by atoms with Gasteiger partial charge in [-0.2, -0.15) is 0 Å². The van der Waals surface area contributed by atoms with Crippen molar-refractivity contribution < 1.29 is 25.2 Å². The average Bonchev–Trinajstić information content (AvgIpc) is 2.29. The third-order valence-corrected chi connectivity index (χ3v) is 2.06. The third-order valence-electron chi connectivity index (χ3n) is 2.06. The largest absolute Gasteiger partial charge is 0.394 e. The Morgan fingerprint density at radius 2 is 1.67 bits per heavy atom. The fourth-order valence-electron chi connectivity index (χ4n) is 1.24. The summed E-state index contributed by atoms with van der Waals surface area (Å²) in [6.07, 6.45) is -0.941. The Labute approximate surface area is 89.3 Å². The van der Waals surface area contributed by atoms with Gasteiger partial charge < -0.3 is 25.2 Å². The first kappa shape index (κ1) is 14.4. The second kappa shape index (κ2) is 6.77. The van der Waals surface area contributed by atoms with E-state index in [4.69, 9.17) is 16.3 Å². The second-order valence-electron chi connectivity index (χ2n) is 2.92. The molecule has 1 rings (SSSR count). The Bertz CT molecular complexity index is 210. The zero-order valence-corrected chi connectivity index (χ0v) is 8.87. The molecule has 0 aromatic carbocycles. The van der Waals surface area contributed by atoms with Crippen LogP contribution in [-0.2, 0) is 4.74 Å². The van der Waals surface area contributed by atoms with Crippen LogP contribution in [0.3, 0.4) is 0 Å². The summed E-state index contributed by atoms with van der Waals surface area (Å²) in [6, 6.07) is 0. The monoisotopic (exact) mass is 218 g/mol. The SMILES string of the molecule is C#CC1OC(CO)[C@@H](O)C(O)C1O.CC. The van der Waals surface area contributed by atoms with Gasteiger partial charge in [-0.05, 0) is 0 Å². The van der Waals surface area contributed by atoms with Gasteiger partial charge in [0.2, 0.25) is 0 Å². The number of hydrogen-bond donors (Lipinski definition) is 4. The normalized spacial score (nSPS) is 39.9. The molecule has 5 nitrogen and oxygen atoms in total. The Morgan fingerprint density at radius 3 is 2.07 bits per heavy atom. The molecule has 4 N–H and O–H groups in total. The number of aliphatic hydroxyl groups is 4. The molecule has 1 saturated heterocycles. The molecule has 1 fully saturated rings. The summed E-state index contributed by atoms with van der Waals surface area (Å²) in [5, 5.41) is 36.5. The van der Waals surface area contributed by atoms with Crippen LogP contribution < -0.4 is 0 Å². The van der Waals surface area contributed by atoms with E-state index in [1.165, 1.54) is 0 Å². The van der Waals surface area contributed by atoms with Gasteiger partial charge in [0.15, 0.2) is 0 Å². The fraction of sp³-hybridized carbons (Fsp3) is 0.800. The molecule has 1 heterocycles. The molecule has 1 aliphatic heterocycles. The quantitative estimate of drug-likeness (QED) is 0.402. The molecule has 5 atom stereocenters. The van der Waals surface area contributed by atoms with Crippen LogP contribution in [0.15, 0.2) is 0 Å². The standard InChI is InChI=1S/C8H12O5.C2H6/c1-2-4-6(10)8(12)7(11)5(3-9)13-4;1-2/h1,4-12H,3H2;1-2H3/t4?,5?,6?,7-,8?;/m1./s1. The predicted molar refractivity (Wildman–Crippen MR) is 53.9 cm³/mol. The van der Waals surface area contributed by atoms with Crippen molar-refractivity contribution in [3.8, 4) is 12.3 Å². The molecule has 4 unspecified atom stereocenters. The lowest BCUT2D eigenvalue weighted by Crippen LogP contribution is -2.58. The maximum Gasteiger partial charge on any atom is 0.146 e. The molecule has 0 radical (unpaired) electrons. The molecule has 0 aromatic rings. The Morgan fingerprint density at radius 1 is 1.13 bits per heavy atom. The predicted octanol–water partition coefficient (Wildman–Crippen LogP) is -1.51. The molecule has 0 saturated carbocycles. The van der Waals surface area contributed by atoms with Crippen molar-refractivity contribution in [3.05, 3.63) is 0 Å². The molecule has 5 heteroatoms. The Kier molecular flexibility index (Phi) is 6.48. The molecule has 15 heavy (non-hydrogen) atoms. The fourth-order valence-corrected chi connectivity index (χ4v) is 1.24. The van der Waals surface area contributed by atoms with Gasteiger partial charge in [-0.3, -0.25) is 0 Å². The highest BCUT2D eigenvalue weighted by Gasteiger charge is 2.42. The molecular weight excluding hydrogens is 200 g/mol. The van der Waals surface area contributed by atoms with Gasteiger partial charge in [0.05, 0.1) is 6.61 Å². The lowest BCUT2D eigenvalue weighted by Gasteiger charge is -2.37. The first-order valence-electron chi connectivity index (χ1n) is 4.88. The van der Waals surface area contributed by atoms with Gasteiger partial charge >= 0.3 is 0 Å². The van der Waals surface area contributed by atoms with Gasteiger partial charge in [0, 0.05) is 0 Å². The summed E-state index contributed by atoms with van der Waals surface area (Å²) in [5.74, 6) is 2.11. The van der Waals surface area contributed by atoms with Crippen LogP contribution in [0.1, 0.15) is 13.8 Å². The molecule has 1 aliphatic rings. The van der Waals surface area contributed by atoms with E-state index in [1.54, 1.807) is 0 Å². The highest BCUT2D eigenvalue weighted by atomic mass is 16.5. The van der Waals surface area contributed by atoms with Gasteiger partial charge in [-0.25, -0.2) is 0 Å². The van der Waals surface area contributed by atoms with Crippen molar-refractivity contribution in [1.82, 2.24) is 0 Å². The molecule has 0 amide bonds. The van der Waals surface area contributed by atoms with Crippen LogP contribution in [0.4, 0.5) is 0 Å². The van der Waals surface area contributed by atoms with Crippen LogP contribution >= 0.6 is 0 Å². The summed E-state index contributed by atoms with van der Waals surface area (Å²) in [6.45, 7) is 3.54. The Balaban J connectivity index is 0.000000921. The lowest BCUT2D eigenvalue weighted by molar-refractivity contribution is -0.214. The van der Waals surface area contributed by atoms with Gasteiger partial charge in [-0.1, -0.05) is 19.8 Å². The van der Waals surface area contributed by atoms with Crippen molar-refractivity contribution >= 4 is 0 Å². The third kappa shape index (κ3) is 3.16. The molecule has 0 bridgehead atoms. The topological polar surface area (TPSA) is 90.2 Å². The van der Waals surface area contributed by atoms with E-state index < -0.39 is 37.1 Å². The van der Waals surface area contributed by atoms with Gasteiger partial charge in [0.25, 0.3) is 0 Å². The lowest BCUT2D eigenvalue weighted by atomic mass is 9.96. The highest BCUT2D eigenvalue weighted by Crippen LogP contribution is 2.20. The zero-order chi connectivity index (χ0) is 12.0. The van der Waals surface area contributed by atoms with Crippen LogP contribution in [0.5, 0.6) is 0 Å². The van der Waals surface area contributed by atoms with Crippen LogP contribution in [0, 0.1) is 12.3 Å². The van der Waals surface area contributed by atoms with E-state index in [-0.39, 0.29) is 0 Å². The first-order chi connectivity index (χ1) is 7.11. The van der Waals surface area contributed by atoms with E-state index in [2.05, 4.69) is 5.92 Å². The number of hydrogen-bond acceptors (Lipinski definition) is 5. The summed E-state index contributed by atoms with van der Waals surface area (Å²) in [5.41, 5.74) is 0. The van der Waals surface area contributed by atoms with Crippen LogP contribution in [-0.4, -0.2) is 57.6 Å². The first-order valence-corrected chi connectivity index (χ1v) is 4.88. The minimum Gasteiger partial charge on any atom is -0.394 e. The summed E-state index contributed by atoms with van der Waals surface area (Å²) in [4.78, 5) is 0. The van der Waals surface area contributed by atoms with Crippen molar-refractivity contribution in [2.24, 2.45) is 0 Å². The van der Waals surface area contributed by atoms with Crippen molar-refractivity contribution in [2.45, 2.75) is 44.4 Å². The summed E-state index contributed by atoms with van der Waals surface area (Å²) in [7, 11) is 0. The van der Waals surface area contributed by atoms with E-state index in [1.807, 2.05) is 13.8 Å². The highest BCUT2D eigenvalue weighted by molar-refractivity contribution is 5.05. The minimum absolute atomic E-state index is 0.455. The maximum atomic E-state index is 9.26. The molecule has 0 spiro atoms. The number of rotatable bonds is 1. The van der Waals surface area contributed by atoms with E-state index in [9.17, 15) is 15.3 Å². The molecule has 0 aliphatic carbocycles.